The Morgan fingerprint density at radius 2 is 1.89 bits per heavy atom. The first-order valence-corrected chi connectivity index (χ1v) is 13.7. The number of para-hydroxylation sites is 3. The van der Waals surface area contributed by atoms with Crippen LogP contribution in [0.1, 0.15) is 12.5 Å². The van der Waals surface area contributed by atoms with Crippen molar-refractivity contribution < 1.29 is 22.7 Å². The molecule has 1 amide bonds. The standard InChI is InChI=1S/C25H23N5O5S2/c1-3-37(32,33)25-29-28-24(36-25)27-23(31)17(15-26)14-18-16-30(20-9-5-4-8-19(18)20)12-13-35-22-11-7-6-10-21(22)34-2/h4-11,14,16H,3,12-13H2,1-2H3,(H,27,28,31)/b17-14-. The number of fused-ring (bicyclic) bond motifs is 1. The van der Waals surface area contributed by atoms with E-state index in [-0.39, 0.29) is 20.8 Å². The number of benzene rings is 2. The molecule has 0 aliphatic rings. The molecule has 12 heteroatoms. The van der Waals surface area contributed by atoms with E-state index >= 15 is 0 Å². The number of nitrogens with zero attached hydrogens (tertiary/aromatic N) is 4. The van der Waals surface area contributed by atoms with Crippen molar-refractivity contribution in [2.45, 2.75) is 17.8 Å². The molecule has 1 N–H and O–H groups in total. The summed E-state index contributed by atoms with van der Waals surface area (Å²) in [5.41, 5.74) is 1.42. The highest BCUT2D eigenvalue weighted by molar-refractivity contribution is 7.93. The zero-order valence-corrected chi connectivity index (χ0v) is 21.7. The summed E-state index contributed by atoms with van der Waals surface area (Å²) in [4.78, 5) is 12.8. The summed E-state index contributed by atoms with van der Waals surface area (Å²) in [7, 11) is -1.96. The number of ether oxygens (including phenoxy) is 2. The van der Waals surface area contributed by atoms with Crippen LogP contribution in [0.2, 0.25) is 0 Å². The molecule has 0 bridgehead atoms. The molecule has 4 aromatic rings. The number of nitriles is 1. The van der Waals surface area contributed by atoms with E-state index < -0.39 is 15.7 Å². The summed E-state index contributed by atoms with van der Waals surface area (Å²) >= 11 is 0.738. The van der Waals surface area contributed by atoms with Crippen molar-refractivity contribution in [3.8, 4) is 17.6 Å². The number of anilines is 1. The molecule has 0 fully saturated rings. The minimum Gasteiger partial charge on any atom is -0.493 e. The number of amides is 1. The Kier molecular flexibility index (Phi) is 7.86. The Morgan fingerprint density at radius 3 is 2.62 bits per heavy atom. The molecule has 0 spiro atoms. The van der Waals surface area contributed by atoms with Gasteiger partial charge in [0.15, 0.2) is 11.5 Å². The Balaban J connectivity index is 1.54. The van der Waals surface area contributed by atoms with E-state index in [0.29, 0.717) is 30.2 Å². The molecular formula is C25H23N5O5S2. The number of carbonyl (C=O) groups is 1. The largest absolute Gasteiger partial charge is 0.493 e. The second-order valence-corrected chi connectivity index (χ2v) is 11.1. The van der Waals surface area contributed by atoms with E-state index in [1.54, 1.807) is 7.11 Å². The number of nitrogens with one attached hydrogen (secondary N) is 1. The van der Waals surface area contributed by atoms with Crippen LogP contribution in [0.25, 0.3) is 17.0 Å². The number of methoxy groups -OCH3 is 1. The Bertz CT molecular complexity index is 1620. The van der Waals surface area contributed by atoms with Gasteiger partial charge in [0, 0.05) is 22.7 Å². The van der Waals surface area contributed by atoms with E-state index in [1.165, 1.54) is 13.0 Å². The smallest absolute Gasteiger partial charge is 0.268 e. The van der Waals surface area contributed by atoms with E-state index in [0.717, 1.165) is 22.2 Å². The number of aromatic nitrogens is 3. The number of carbonyl (C=O) groups excluding carboxylic acids is 1. The van der Waals surface area contributed by atoms with Gasteiger partial charge in [0.25, 0.3) is 5.91 Å². The van der Waals surface area contributed by atoms with Gasteiger partial charge in [-0.3, -0.25) is 10.1 Å². The van der Waals surface area contributed by atoms with Crippen LogP contribution in [0, 0.1) is 11.3 Å². The molecular weight excluding hydrogens is 514 g/mol. The van der Waals surface area contributed by atoms with Gasteiger partial charge in [-0.1, -0.05) is 48.6 Å². The highest BCUT2D eigenvalue weighted by atomic mass is 32.2. The molecule has 0 aliphatic carbocycles. The molecule has 10 nitrogen and oxygen atoms in total. The van der Waals surface area contributed by atoms with Gasteiger partial charge in [-0.15, -0.1) is 10.2 Å². The second-order valence-electron chi connectivity index (χ2n) is 7.69. The highest BCUT2D eigenvalue weighted by Gasteiger charge is 2.20. The van der Waals surface area contributed by atoms with Crippen molar-refractivity contribution in [3.63, 3.8) is 0 Å². The summed E-state index contributed by atoms with van der Waals surface area (Å²) in [5.74, 6) is 0.433. The van der Waals surface area contributed by atoms with Crippen LogP contribution in [-0.2, 0) is 21.2 Å². The van der Waals surface area contributed by atoms with Crippen molar-refractivity contribution in [1.29, 1.82) is 5.26 Å². The van der Waals surface area contributed by atoms with Crippen molar-refractivity contribution in [1.82, 2.24) is 14.8 Å². The number of hydrogen-bond donors (Lipinski definition) is 1. The minimum atomic E-state index is -3.54. The van der Waals surface area contributed by atoms with Crippen molar-refractivity contribution >= 4 is 49.2 Å². The van der Waals surface area contributed by atoms with Gasteiger partial charge in [-0.25, -0.2) is 8.42 Å². The molecule has 0 saturated heterocycles. The summed E-state index contributed by atoms with van der Waals surface area (Å²) in [5, 5.41) is 20.3. The van der Waals surface area contributed by atoms with E-state index in [4.69, 9.17) is 9.47 Å². The lowest BCUT2D eigenvalue weighted by Crippen LogP contribution is -2.13. The highest BCUT2D eigenvalue weighted by Crippen LogP contribution is 2.27. The van der Waals surface area contributed by atoms with Crippen LogP contribution in [0.5, 0.6) is 11.5 Å². The predicted octanol–water partition coefficient (Wildman–Crippen LogP) is 3.92. The molecule has 0 radical (unpaired) electrons. The van der Waals surface area contributed by atoms with Crippen LogP contribution in [0.15, 0.2) is 64.6 Å². The Hall–Kier alpha value is -4.21. The van der Waals surface area contributed by atoms with E-state index in [2.05, 4.69) is 15.5 Å². The lowest BCUT2D eigenvalue weighted by molar-refractivity contribution is -0.112. The number of hydrogen-bond acceptors (Lipinski definition) is 9. The summed E-state index contributed by atoms with van der Waals surface area (Å²) in [6.45, 7) is 2.38. The lowest BCUT2D eigenvalue weighted by atomic mass is 10.1. The van der Waals surface area contributed by atoms with Gasteiger partial charge in [0.05, 0.1) is 19.4 Å². The average molecular weight is 538 g/mol. The maximum Gasteiger partial charge on any atom is 0.268 e. The monoisotopic (exact) mass is 537 g/mol. The van der Waals surface area contributed by atoms with E-state index in [1.807, 2.05) is 65.4 Å². The number of sulfone groups is 1. The fourth-order valence-corrected chi connectivity index (χ4v) is 5.53. The summed E-state index contributed by atoms with van der Waals surface area (Å²) in [6.07, 6.45) is 3.33. The van der Waals surface area contributed by atoms with Gasteiger partial charge >= 0.3 is 0 Å². The SMILES string of the molecule is CCS(=O)(=O)c1nnc(NC(=O)/C(C#N)=C\c2cn(CCOc3ccccc3OC)c3ccccc23)s1. The van der Waals surface area contributed by atoms with Crippen LogP contribution >= 0.6 is 11.3 Å². The van der Waals surface area contributed by atoms with Crippen molar-refractivity contribution in [3.05, 3.63) is 65.9 Å². The Labute approximate surface area is 217 Å². The first-order valence-electron chi connectivity index (χ1n) is 11.2. The lowest BCUT2D eigenvalue weighted by Gasteiger charge is -2.11. The molecule has 190 valence electrons. The van der Waals surface area contributed by atoms with Gasteiger partial charge in [-0.05, 0) is 24.3 Å². The number of rotatable bonds is 10. The first-order chi connectivity index (χ1) is 17.9. The topological polar surface area (TPSA) is 136 Å². The van der Waals surface area contributed by atoms with Crippen LogP contribution < -0.4 is 14.8 Å². The first kappa shape index (κ1) is 25.9. The molecule has 37 heavy (non-hydrogen) atoms. The second kappa shape index (κ2) is 11.2. The molecule has 0 unspecified atom stereocenters. The quantitative estimate of drug-likeness (QED) is 0.183. The summed E-state index contributed by atoms with van der Waals surface area (Å²) < 4.78 is 36.9. The van der Waals surface area contributed by atoms with E-state index in [9.17, 15) is 18.5 Å². The predicted molar refractivity (Wildman–Crippen MR) is 140 cm³/mol. The zero-order valence-electron chi connectivity index (χ0n) is 20.0. The molecule has 2 aromatic heterocycles. The molecule has 2 heterocycles. The minimum absolute atomic E-state index is 0.00547. The van der Waals surface area contributed by atoms with Crippen molar-refractivity contribution in [2.75, 3.05) is 24.8 Å². The normalized spacial score (nSPS) is 11.8. The maximum atomic E-state index is 12.8. The molecule has 0 aliphatic heterocycles. The summed E-state index contributed by atoms with van der Waals surface area (Å²) in [6, 6.07) is 16.9. The fourth-order valence-electron chi connectivity index (χ4n) is 3.55. The maximum absolute atomic E-state index is 12.8. The third kappa shape index (κ3) is 5.79. The van der Waals surface area contributed by atoms with Gasteiger partial charge in [0.1, 0.15) is 18.2 Å². The van der Waals surface area contributed by atoms with Gasteiger partial charge in [-0.2, -0.15) is 5.26 Å². The van der Waals surface area contributed by atoms with Crippen molar-refractivity contribution in [2.24, 2.45) is 0 Å². The van der Waals surface area contributed by atoms with Gasteiger partial charge < -0.3 is 14.0 Å². The third-order valence-corrected chi connectivity index (χ3v) is 8.44. The molecule has 4 rings (SSSR count). The molecule has 0 saturated carbocycles. The third-order valence-electron chi connectivity index (χ3n) is 5.42. The van der Waals surface area contributed by atoms with Gasteiger partial charge in [0.2, 0.25) is 19.3 Å². The molecule has 2 aromatic carbocycles. The fraction of sp³-hybridized carbons (Fsp3) is 0.200. The van der Waals surface area contributed by atoms with Crippen LogP contribution in [0.4, 0.5) is 5.13 Å². The zero-order chi connectivity index (χ0) is 26.4. The molecule has 0 atom stereocenters. The van der Waals surface area contributed by atoms with Crippen LogP contribution in [-0.4, -0.2) is 48.6 Å². The van der Waals surface area contributed by atoms with Crippen LogP contribution in [0.3, 0.4) is 0 Å². The average Bonchev–Trinajstić information content (AvgIpc) is 3.53. The Morgan fingerprint density at radius 1 is 1.16 bits per heavy atom.